The van der Waals surface area contributed by atoms with Crippen LogP contribution in [0.5, 0.6) is 0 Å². The third kappa shape index (κ3) is 4.41. The van der Waals surface area contributed by atoms with Gasteiger partial charge >= 0.3 is 0 Å². The molecule has 0 bridgehead atoms. The number of carbonyl (C=O) groups is 2. The standard InChI is InChI=1S/C19H14FN3O3/c20-13-6-8-15(23-19(25)16-5-1-2-10-21-16)17(12-13)22-18(24)9-7-14-4-3-11-26-14/h1-12H,(H,22,24)(H,23,25)/b9-7+. The summed E-state index contributed by atoms with van der Waals surface area (Å²) in [4.78, 5) is 28.2. The molecule has 0 unspecified atom stereocenters. The van der Waals surface area contributed by atoms with Crippen molar-refractivity contribution in [3.63, 3.8) is 0 Å². The Hall–Kier alpha value is -3.74. The van der Waals surface area contributed by atoms with Crippen molar-refractivity contribution in [2.75, 3.05) is 10.6 Å². The van der Waals surface area contributed by atoms with E-state index in [4.69, 9.17) is 4.42 Å². The highest BCUT2D eigenvalue weighted by Gasteiger charge is 2.12. The van der Waals surface area contributed by atoms with E-state index in [1.165, 1.54) is 36.7 Å². The van der Waals surface area contributed by atoms with E-state index in [1.807, 2.05) is 0 Å². The number of nitrogens with zero attached hydrogens (tertiary/aromatic N) is 1. The average Bonchev–Trinajstić information content (AvgIpc) is 3.16. The fraction of sp³-hybridized carbons (Fsp3) is 0. The number of furan rings is 1. The minimum absolute atomic E-state index is 0.128. The summed E-state index contributed by atoms with van der Waals surface area (Å²) in [7, 11) is 0. The van der Waals surface area contributed by atoms with Gasteiger partial charge in [0.25, 0.3) is 5.91 Å². The number of anilines is 2. The van der Waals surface area contributed by atoms with Gasteiger partial charge < -0.3 is 15.1 Å². The highest BCUT2D eigenvalue weighted by molar-refractivity contribution is 6.08. The molecule has 2 N–H and O–H groups in total. The van der Waals surface area contributed by atoms with Crippen LogP contribution in [0.2, 0.25) is 0 Å². The van der Waals surface area contributed by atoms with Crippen LogP contribution in [-0.4, -0.2) is 16.8 Å². The van der Waals surface area contributed by atoms with E-state index in [0.717, 1.165) is 6.07 Å². The number of pyridine rings is 1. The van der Waals surface area contributed by atoms with Gasteiger partial charge in [-0.15, -0.1) is 0 Å². The molecule has 0 aliphatic rings. The second-order valence-electron chi connectivity index (χ2n) is 5.20. The van der Waals surface area contributed by atoms with Crippen molar-refractivity contribution in [3.8, 4) is 0 Å². The van der Waals surface area contributed by atoms with E-state index in [2.05, 4.69) is 15.6 Å². The van der Waals surface area contributed by atoms with Gasteiger partial charge in [-0.1, -0.05) is 6.07 Å². The highest BCUT2D eigenvalue weighted by atomic mass is 19.1. The van der Waals surface area contributed by atoms with Crippen LogP contribution in [0.25, 0.3) is 6.08 Å². The highest BCUT2D eigenvalue weighted by Crippen LogP contribution is 2.23. The number of hydrogen-bond acceptors (Lipinski definition) is 4. The number of benzene rings is 1. The van der Waals surface area contributed by atoms with Crippen LogP contribution < -0.4 is 10.6 Å². The zero-order valence-electron chi connectivity index (χ0n) is 13.5. The lowest BCUT2D eigenvalue weighted by molar-refractivity contribution is -0.111. The maximum absolute atomic E-state index is 13.6. The maximum Gasteiger partial charge on any atom is 0.274 e. The van der Waals surface area contributed by atoms with Gasteiger partial charge in [-0.2, -0.15) is 0 Å². The molecule has 0 fully saturated rings. The minimum atomic E-state index is -0.550. The molecule has 2 heterocycles. The Bertz CT molecular complexity index is 938. The van der Waals surface area contributed by atoms with Gasteiger partial charge in [0, 0.05) is 12.3 Å². The summed E-state index contributed by atoms with van der Waals surface area (Å²) in [5, 5.41) is 5.13. The zero-order chi connectivity index (χ0) is 18.4. The summed E-state index contributed by atoms with van der Waals surface area (Å²) >= 11 is 0. The molecule has 2 amide bonds. The van der Waals surface area contributed by atoms with E-state index >= 15 is 0 Å². The largest absolute Gasteiger partial charge is 0.465 e. The summed E-state index contributed by atoms with van der Waals surface area (Å²) < 4.78 is 18.6. The van der Waals surface area contributed by atoms with E-state index in [0.29, 0.717) is 5.76 Å². The molecular weight excluding hydrogens is 337 g/mol. The predicted molar refractivity (Wildman–Crippen MR) is 95.0 cm³/mol. The van der Waals surface area contributed by atoms with Crippen LogP contribution in [0.1, 0.15) is 16.2 Å². The Labute approximate surface area is 148 Å². The number of nitrogens with one attached hydrogen (secondary N) is 2. The fourth-order valence-electron chi connectivity index (χ4n) is 2.13. The third-order valence-corrected chi connectivity index (χ3v) is 3.33. The summed E-state index contributed by atoms with van der Waals surface area (Å²) in [5.41, 5.74) is 0.581. The predicted octanol–water partition coefficient (Wildman–Crippen LogP) is 3.72. The van der Waals surface area contributed by atoms with Crippen LogP contribution in [0, 0.1) is 5.82 Å². The van der Waals surface area contributed by atoms with Crippen molar-refractivity contribution in [1.82, 2.24) is 4.98 Å². The number of aromatic nitrogens is 1. The molecule has 1 aromatic carbocycles. The van der Waals surface area contributed by atoms with Crippen LogP contribution in [0.3, 0.4) is 0 Å². The summed E-state index contributed by atoms with van der Waals surface area (Å²) in [6, 6.07) is 11.9. The second kappa shape index (κ2) is 7.89. The molecule has 3 rings (SSSR count). The Morgan fingerprint density at radius 1 is 1.04 bits per heavy atom. The lowest BCUT2D eigenvalue weighted by atomic mass is 10.2. The van der Waals surface area contributed by atoms with E-state index < -0.39 is 17.6 Å². The van der Waals surface area contributed by atoms with Crippen LogP contribution in [0.15, 0.2) is 71.5 Å². The van der Waals surface area contributed by atoms with Crippen molar-refractivity contribution in [3.05, 3.63) is 84.3 Å². The number of carbonyl (C=O) groups excluding carboxylic acids is 2. The Balaban J connectivity index is 1.75. The lowest BCUT2D eigenvalue weighted by Crippen LogP contribution is -2.16. The third-order valence-electron chi connectivity index (χ3n) is 3.33. The molecule has 3 aromatic rings. The zero-order valence-corrected chi connectivity index (χ0v) is 13.5. The molecule has 0 saturated carbocycles. The van der Waals surface area contributed by atoms with Gasteiger partial charge in [0.1, 0.15) is 17.3 Å². The van der Waals surface area contributed by atoms with Crippen molar-refractivity contribution < 1.29 is 18.4 Å². The topological polar surface area (TPSA) is 84.2 Å². The molecule has 26 heavy (non-hydrogen) atoms. The van der Waals surface area contributed by atoms with Gasteiger partial charge in [-0.25, -0.2) is 4.39 Å². The molecule has 130 valence electrons. The van der Waals surface area contributed by atoms with E-state index in [1.54, 1.807) is 30.3 Å². The molecule has 0 radical (unpaired) electrons. The molecule has 0 atom stereocenters. The first-order chi connectivity index (χ1) is 12.6. The molecule has 0 aliphatic carbocycles. The number of rotatable bonds is 5. The summed E-state index contributed by atoms with van der Waals surface area (Å²) in [5.74, 6) is -1.02. The minimum Gasteiger partial charge on any atom is -0.465 e. The first kappa shape index (κ1) is 17.1. The molecule has 0 aliphatic heterocycles. The molecule has 2 aromatic heterocycles. The van der Waals surface area contributed by atoms with Crippen LogP contribution in [-0.2, 0) is 4.79 Å². The van der Waals surface area contributed by atoms with Crippen molar-refractivity contribution in [2.45, 2.75) is 0 Å². The van der Waals surface area contributed by atoms with E-state index in [9.17, 15) is 14.0 Å². The average molecular weight is 351 g/mol. The maximum atomic E-state index is 13.6. The number of amides is 2. The smallest absolute Gasteiger partial charge is 0.274 e. The first-order valence-corrected chi connectivity index (χ1v) is 7.66. The molecule has 0 saturated heterocycles. The normalized spacial score (nSPS) is 10.7. The van der Waals surface area contributed by atoms with Gasteiger partial charge in [0.2, 0.25) is 5.91 Å². The lowest BCUT2D eigenvalue weighted by Gasteiger charge is -2.11. The second-order valence-corrected chi connectivity index (χ2v) is 5.20. The SMILES string of the molecule is O=C(/C=C/c1ccco1)Nc1cc(F)ccc1NC(=O)c1ccccn1. The number of hydrogen-bond donors (Lipinski definition) is 2. The Morgan fingerprint density at radius 2 is 1.92 bits per heavy atom. The van der Waals surface area contributed by atoms with Crippen LogP contribution >= 0.6 is 0 Å². The van der Waals surface area contributed by atoms with E-state index in [-0.39, 0.29) is 17.1 Å². The molecule has 7 heteroatoms. The summed E-state index contributed by atoms with van der Waals surface area (Å²) in [6.07, 6.45) is 5.69. The van der Waals surface area contributed by atoms with Gasteiger partial charge in [-0.05, 0) is 48.5 Å². The fourth-order valence-corrected chi connectivity index (χ4v) is 2.13. The monoisotopic (exact) mass is 351 g/mol. The Morgan fingerprint density at radius 3 is 2.65 bits per heavy atom. The van der Waals surface area contributed by atoms with Crippen molar-refractivity contribution >= 4 is 29.3 Å². The summed E-state index contributed by atoms with van der Waals surface area (Å²) in [6.45, 7) is 0. The molecular formula is C19H14FN3O3. The van der Waals surface area contributed by atoms with Gasteiger partial charge in [0.05, 0.1) is 17.6 Å². The van der Waals surface area contributed by atoms with Crippen LogP contribution in [0.4, 0.5) is 15.8 Å². The van der Waals surface area contributed by atoms with Crippen molar-refractivity contribution in [2.24, 2.45) is 0 Å². The first-order valence-electron chi connectivity index (χ1n) is 7.66. The van der Waals surface area contributed by atoms with Gasteiger partial charge in [0.15, 0.2) is 0 Å². The quantitative estimate of drug-likeness (QED) is 0.686. The molecule has 0 spiro atoms. The van der Waals surface area contributed by atoms with Gasteiger partial charge in [-0.3, -0.25) is 14.6 Å². The Kier molecular flexibility index (Phi) is 5.19. The molecule has 6 nitrogen and oxygen atoms in total. The van der Waals surface area contributed by atoms with Crippen molar-refractivity contribution in [1.29, 1.82) is 0 Å². The number of halogens is 1.